The number of fused-ring (bicyclic) bond motifs is 2. The molecule has 3 fully saturated rings. The maximum absolute atomic E-state index is 12.3. The van der Waals surface area contributed by atoms with Gasteiger partial charge in [0.15, 0.2) is 0 Å². The minimum atomic E-state index is -2.83. The Morgan fingerprint density at radius 3 is 2.13 bits per heavy atom. The number of nitrogens with zero attached hydrogens (tertiary/aromatic N) is 1. The summed E-state index contributed by atoms with van der Waals surface area (Å²) in [5.41, 5.74) is 0. The van der Waals surface area contributed by atoms with Gasteiger partial charge in [0, 0.05) is 12.1 Å². The molecule has 2 unspecified atom stereocenters. The number of alkyl halides is 2. The summed E-state index contributed by atoms with van der Waals surface area (Å²) in [6.45, 7) is 4.32. The lowest BCUT2D eigenvalue weighted by atomic mass is 9.70. The Kier molecular flexibility index (Phi) is 2.69. The first-order chi connectivity index (χ1) is 7.00. The highest BCUT2D eigenvalue weighted by Gasteiger charge is 2.49. The van der Waals surface area contributed by atoms with E-state index in [0.29, 0.717) is 11.8 Å². The molecular formula is C11H17F2NO. The quantitative estimate of drug-likeness (QED) is 0.695. The monoisotopic (exact) mass is 217 g/mol. The van der Waals surface area contributed by atoms with Gasteiger partial charge in [-0.1, -0.05) is 13.8 Å². The van der Waals surface area contributed by atoms with Crippen molar-refractivity contribution in [3.63, 3.8) is 0 Å². The van der Waals surface area contributed by atoms with Gasteiger partial charge in [-0.3, -0.25) is 4.79 Å². The van der Waals surface area contributed by atoms with E-state index in [2.05, 4.69) is 13.8 Å². The summed E-state index contributed by atoms with van der Waals surface area (Å²) in [6.07, 6.45) is -0.0769. The van der Waals surface area contributed by atoms with Crippen LogP contribution in [0.4, 0.5) is 8.78 Å². The third-order valence-corrected chi connectivity index (χ3v) is 3.86. The minimum absolute atomic E-state index is 0.0950. The fourth-order valence-electron chi connectivity index (χ4n) is 2.93. The molecule has 3 rings (SSSR count). The second-order valence-corrected chi connectivity index (χ2v) is 5.07. The minimum Gasteiger partial charge on any atom is -0.332 e. The van der Waals surface area contributed by atoms with Crippen LogP contribution in [0, 0.1) is 11.8 Å². The van der Waals surface area contributed by atoms with Gasteiger partial charge in [0.2, 0.25) is 0 Å². The lowest BCUT2D eigenvalue weighted by molar-refractivity contribution is -0.165. The van der Waals surface area contributed by atoms with Gasteiger partial charge >= 0.3 is 6.43 Å². The second-order valence-electron chi connectivity index (χ2n) is 5.07. The zero-order valence-corrected chi connectivity index (χ0v) is 9.12. The molecule has 1 saturated carbocycles. The first kappa shape index (κ1) is 10.8. The third-order valence-electron chi connectivity index (χ3n) is 3.86. The van der Waals surface area contributed by atoms with E-state index in [4.69, 9.17) is 0 Å². The van der Waals surface area contributed by atoms with Crippen molar-refractivity contribution >= 4 is 5.91 Å². The Morgan fingerprint density at radius 2 is 1.73 bits per heavy atom. The van der Waals surface area contributed by atoms with E-state index in [9.17, 15) is 13.6 Å². The summed E-state index contributed by atoms with van der Waals surface area (Å²) >= 11 is 0. The first-order valence-electron chi connectivity index (χ1n) is 5.61. The van der Waals surface area contributed by atoms with E-state index >= 15 is 0 Å². The summed E-state index contributed by atoms with van der Waals surface area (Å²) in [7, 11) is 0. The Balaban J connectivity index is 1.97. The van der Waals surface area contributed by atoms with Gasteiger partial charge in [-0.05, 0) is 31.1 Å². The molecule has 2 bridgehead atoms. The standard InChI is InChI=1S/C11H17F2NO/c1-6(2)7-3-8-5-9(4-7)14(8)11(15)10(12)13/h6-10H,3-5H2,1-2H3. The van der Waals surface area contributed by atoms with Gasteiger partial charge in [0.1, 0.15) is 0 Å². The summed E-state index contributed by atoms with van der Waals surface area (Å²) in [6, 6.07) is 0.190. The van der Waals surface area contributed by atoms with Crippen LogP contribution < -0.4 is 0 Å². The number of carbonyl (C=O) groups is 1. The largest absolute Gasteiger partial charge is 0.332 e. The predicted octanol–water partition coefficient (Wildman–Crippen LogP) is 2.29. The molecule has 3 aliphatic rings. The molecule has 2 nitrogen and oxygen atoms in total. The molecule has 2 saturated heterocycles. The van der Waals surface area contributed by atoms with Crippen molar-refractivity contribution in [3.05, 3.63) is 0 Å². The molecule has 4 heteroatoms. The van der Waals surface area contributed by atoms with Crippen LogP contribution in [0.15, 0.2) is 0 Å². The number of hydrogen-bond acceptors (Lipinski definition) is 1. The lowest BCUT2D eigenvalue weighted by Crippen LogP contribution is -2.64. The van der Waals surface area contributed by atoms with Crippen LogP contribution >= 0.6 is 0 Å². The Morgan fingerprint density at radius 1 is 1.20 bits per heavy atom. The molecule has 0 aromatic carbocycles. The van der Waals surface area contributed by atoms with Gasteiger partial charge < -0.3 is 4.90 Å². The average Bonchev–Trinajstić information content (AvgIpc) is 2.17. The number of halogens is 2. The van der Waals surface area contributed by atoms with Crippen molar-refractivity contribution < 1.29 is 13.6 Å². The van der Waals surface area contributed by atoms with Crippen molar-refractivity contribution in [2.45, 2.75) is 51.6 Å². The van der Waals surface area contributed by atoms with Gasteiger partial charge in [0.05, 0.1) is 0 Å². The molecule has 0 radical (unpaired) electrons. The zero-order chi connectivity index (χ0) is 11.2. The van der Waals surface area contributed by atoms with Crippen LogP contribution in [0.2, 0.25) is 0 Å². The maximum atomic E-state index is 12.3. The summed E-state index contributed by atoms with van der Waals surface area (Å²) in [4.78, 5) is 12.6. The number of piperidine rings is 1. The van der Waals surface area contributed by atoms with Crippen molar-refractivity contribution in [1.82, 2.24) is 4.90 Å². The van der Waals surface area contributed by atoms with Crippen LogP contribution in [0.25, 0.3) is 0 Å². The van der Waals surface area contributed by atoms with E-state index < -0.39 is 12.3 Å². The summed E-state index contributed by atoms with van der Waals surface area (Å²) < 4.78 is 24.5. The number of hydrogen-bond donors (Lipinski definition) is 0. The van der Waals surface area contributed by atoms with Gasteiger partial charge in [-0.15, -0.1) is 0 Å². The summed E-state index contributed by atoms with van der Waals surface area (Å²) in [5.74, 6) is 0.244. The fourth-order valence-corrected chi connectivity index (χ4v) is 2.93. The predicted molar refractivity (Wildman–Crippen MR) is 52.6 cm³/mol. The molecule has 0 aromatic heterocycles. The molecule has 86 valence electrons. The fraction of sp³-hybridized carbons (Fsp3) is 0.909. The molecule has 1 amide bonds. The first-order valence-corrected chi connectivity index (χ1v) is 5.61. The van der Waals surface area contributed by atoms with Crippen molar-refractivity contribution in [1.29, 1.82) is 0 Å². The molecule has 15 heavy (non-hydrogen) atoms. The average molecular weight is 217 g/mol. The van der Waals surface area contributed by atoms with E-state index in [1.165, 1.54) is 4.90 Å². The van der Waals surface area contributed by atoms with Crippen molar-refractivity contribution in [2.24, 2.45) is 11.8 Å². The molecule has 0 N–H and O–H groups in total. The van der Waals surface area contributed by atoms with Crippen LogP contribution in [-0.4, -0.2) is 29.3 Å². The van der Waals surface area contributed by atoms with E-state index in [-0.39, 0.29) is 12.1 Å². The molecular weight excluding hydrogens is 200 g/mol. The SMILES string of the molecule is CC(C)C1CC2CC(C1)N2C(=O)C(F)F. The van der Waals surface area contributed by atoms with Crippen molar-refractivity contribution in [2.75, 3.05) is 0 Å². The van der Waals surface area contributed by atoms with Crippen LogP contribution in [-0.2, 0) is 4.79 Å². The smallest absolute Gasteiger partial charge is 0.315 e. The highest BCUT2D eigenvalue weighted by molar-refractivity contribution is 5.81. The van der Waals surface area contributed by atoms with Crippen molar-refractivity contribution in [3.8, 4) is 0 Å². The van der Waals surface area contributed by atoms with Gasteiger partial charge in [0.25, 0.3) is 5.91 Å². The van der Waals surface area contributed by atoms with Gasteiger partial charge in [-0.2, -0.15) is 8.78 Å². The van der Waals surface area contributed by atoms with Gasteiger partial charge in [-0.25, -0.2) is 0 Å². The Bertz CT molecular complexity index is 255. The molecule has 2 aliphatic heterocycles. The van der Waals surface area contributed by atoms with Crippen LogP contribution in [0.1, 0.15) is 33.1 Å². The van der Waals surface area contributed by atoms with E-state index in [1.807, 2.05) is 0 Å². The Hall–Kier alpha value is -0.670. The topological polar surface area (TPSA) is 20.3 Å². The van der Waals surface area contributed by atoms with E-state index in [0.717, 1.165) is 19.3 Å². The number of amides is 1. The molecule has 0 spiro atoms. The normalized spacial score (nSPS) is 34.5. The summed E-state index contributed by atoms with van der Waals surface area (Å²) in [5, 5.41) is 0. The Labute approximate surface area is 88.6 Å². The maximum Gasteiger partial charge on any atom is 0.315 e. The highest BCUT2D eigenvalue weighted by Crippen LogP contribution is 2.44. The zero-order valence-electron chi connectivity index (χ0n) is 9.12. The number of carbonyl (C=O) groups excluding carboxylic acids is 1. The third kappa shape index (κ3) is 1.74. The highest BCUT2D eigenvalue weighted by atomic mass is 19.3. The molecule has 2 atom stereocenters. The molecule has 2 heterocycles. The lowest BCUT2D eigenvalue weighted by Gasteiger charge is -2.56. The van der Waals surface area contributed by atoms with Crippen LogP contribution in [0.3, 0.4) is 0 Å². The molecule has 1 aliphatic carbocycles. The van der Waals surface area contributed by atoms with E-state index in [1.54, 1.807) is 0 Å². The number of rotatable bonds is 2. The molecule has 0 aromatic rings. The second kappa shape index (κ2) is 3.72. The van der Waals surface area contributed by atoms with Crippen LogP contribution in [0.5, 0.6) is 0 Å².